The van der Waals surface area contributed by atoms with E-state index in [1.165, 1.54) is 25.1 Å². The van der Waals surface area contributed by atoms with E-state index in [1.54, 1.807) is 0 Å². The van der Waals surface area contributed by atoms with Gasteiger partial charge in [0.25, 0.3) is 15.7 Å². The molecule has 0 saturated heterocycles. The summed E-state index contributed by atoms with van der Waals surface area (Å²) in [6.45, 7) is 1.51. The monoisotopic (exact) mass is 311 g/mol. The van der Waals surface area contributed by atoms with E-state index in [9.17, 15) is 22.9 Å². The lowest BCUT2D eigenvalue weighted by molar-refractivity contribution is -0.385. The number of aromatic nitrogens is 1. The van der Waals surface area contributed by atoms with Gasteiger partial charge in [-0.25, -0.2) is 13.4 Å². The molecule has 0 bridgehead atoms. The molecule has 0 aliphatic carbocycles. The van der Waals surface area contributed by atoms with Gasteiger partial charge in [0.15, 0.2) is 0 Å². The van der Waals surface area contributed by atoms with E-state index < -0.39 is 20.9 Å². The maximum atomic E-state index is 12.7. The second-order valence-corrected chi connectivity index (χ2v) is 5.86. The SMILES string of the molecule is Cc1ccc(S(=O)(=O)Nc2ccc(F)nc2)cc1[N+](=O)[O-]. The first-order valence-corrected chi connectivity index (χ1v) is 7.17. The van der Waals surface area contributed by atoms with Gasteiger partial charge in [0.1, 0.15) is 0 Å². The second kappa shape index (κ2) is 5.44. The van der Waals surface area contributed by atoms with Crippen molar-refractivity contribution in [1.82, 2.24) is 4.98 Å². The molecule has 2 aromatic rings. The number of anilines is 1. The van der Waals surface area contributed by atoms with Gasteiger partial charge in [0, 0.05) is 11.6 Å². The van der Waals surface area contributed by atoms with Crippen molar-refractivity contribution >= 4 is 21.4 Å². The van der Waals surface area contributed by atoms with Crippen LogP contribution in [0.15, 0.2) is 41.4 Å². The highest BCUT2D eigenvalue weighted by Crippen LogP contribution is 2.23. The third kappa shape index (κ3) is 3.31. The van der Waals surface area contributed by atoms with Crippen LogP contribution in [0.4, 0.5) is 15.8 Å². The molecule has 0 aliphatic heterocycles. The van der Waals surface area contributed by atoms with Crippen LogP contribution < -0.4 is 4.72 Å². The summed E-state index contributed by atoms with van der Waals surface area (Å²) in [5.41, 5.74) is 0.108. The van der Waals surface area contributed by atoms with E-state index in [4.69, 9.17) is 0 Å². The highest BCUT2D eigenvalue weighted by Gasteiger charge is 2.20. The molecule has 0 unspecified atom stereocenters. The van der Waals surface area contributed by atoms with Crippen LogP contribution in [0.3, 0.4) is 0 Å². The van der Waals surface area contributed by atoms with Crippen LogP contribution in [0.25, 0.3) is 0 Å². The summed E-state index contributed by atoms with van der Waals surface area (Å²) < 4.78 is 39.1. The molecule has 21 heavy (non-hydrogen) atoms. The molecule has 9 heteroatoms. The summed E-state index contributed by atoms with van der Waals surface area (Å²) in [6.07, 6.45) is 1.01. The lowest BCUT2D eigenvalue weighted by Gasteiger charge is -2.08. The predicted octanol–water partition coefficient (Wildman–Crippen LogP) is 2.24. The van der Waals surface area contributed by atoms with Gasteiger partial charge < -0.3 is 0 Å². The lowest BCUT2D eigenvalue weighted by Crippen LogP contribution is -2.13. The summed E-state index contributed by atoms with van der Waals surface area (Å²) in [4.78, 5) is 13.2. The molecule has 1 aromatic carbocycles. The zero-order chi connectivity index (χ0) is 15.6. The summed E-state index contributed by atoms with van der Waals surface area (Å²) in [5.74, 6) is -0.746. The van der Waals surface area contributed by atoms with Crippen molar-refractivity contribution in [1.29, 1.82) is 0 Å². The fourth-order valence-electron chi connectivity index (χ4n) is 1.60. The molecule has 1 heterocycles. The molecule has 1 N–H and O–H groups in total. The Bertz CT molecular complexity index is 791. The summed E-state index contributed by atoms with van der Waals surface area (Å²) in [7, 11) is -4.02. The molecule has 110 valence electrons. The number of hydrogen-bond acceptors (Lipinski definition) is 5. The number of sulfonamides is 1. The largest absolute Gasteiger partial charge is 0.278 e. The Morgan fingerprint density at radius 2 is 2.00 bits per heavy atom. The van der Waals surface area contributed by atoms with Crippen LogP contribution in [-0.4, -0.2) is 18.3 Å². The van der Waals surface area contributed by atoms with Crippen LogP contribution >= 0.6 is 0 Å². The maximum Gasteiger partial charge on any atom is 0.273 e. The van der Waals surface area contributed by atoms with Crippen LogP contribution in [0.2, 0.25) is 0 Å². The van der Waals surface area contributed by atoms with Gasteiger partial charge in [-0.15, -0.1) is 0 Å². The van der Waals surface area contributed by atoms with Gasteiger partial charge in [0.2, 0.25) is 5.95 Å². The van der Waals surface area contributed by atoms with Crippen molar-refractivity contribution in [2.24, 2.45) is 0 Å². The molecular formula is C12H10FN3O4S. The Kier molecular flexibility index (Phi) is 3.85. The first kappa shape index (κ1) is 14.9. The Morgan fingerprint density at radius 1 is 1.29 bits per heavy atom. The average Bonchev–Trinajstić information content (AvgIpc) is 2.41. The van der Waals surface area contributed by atoms with E-state index in [-0.39, 0.29) is 16.3 Å². The zero-order valence-corrected chi connectivity index (χ0v) is 11.6. The molecular weight excluding hydrogens is 301 g/mol. The Labute approximate surface area is 119 Å². The number of hydrogen-bond donors (Lipinski definition) is 1. The third-order valence-electron chi connectivity index (χ3n) is 2.67. The topological polar surface area (TPSA) is 102 Å². The fraction of sp³-hybridized carbons (Fsp3) is 0.0833. The lowest BCUT2D eigenvalue weighted by atomic mass is 10.2. The van der Waals surface area contributed by atoms with Crippen molar-refractivity contribution in [2.75, 3.05) is 4.72 Å². The number of rotatable bonds is 4. The van der Waals surface area contributed by atoms with Gasteiger partial charge in [-0.2, -0.15) is 4.39 Å². The van der Waals surface area contributed by atoms with Crippen LogP contribution in [0.5, 0.6) is 0 Å². The Balaban J connectivity index is 2.38. The summed E-state index contributed by atoms with van der Waals surface area (Å²) in [5, 5.41) is 10.8. The molecule has 0 saturated carbocycles. The molecule has 0 aliphatic rings. The van der Waals surface area contributed by atoms with Crippen molar-refractivity contribution < 1.29 is 17.7 Å². The summed E-state index contributed by atoms with van der Waals surface area (Å²) in [6, 6.07) is 5.75. The highest BCUT2D eigenvalue weighted by molar-refractivity contribution is 7.92. The van der Waals surface area contributed by atoms with E-state index in [0.29, 0.717) is 5.56 Å². The molecule has 0 radical (unpaired) electrons. The number of nitro benzene ring substituents is 1. The molecule has 0 atom stereocenters. The predicted molar refractivity (Wildman–Crippen MR) is 72.8 cm³/mol. The van der Waals surface area contributed by atoms with Crippen LogP contribution in [0.1, 0.15) is 5.56 Å². The van der Waals surface area contributed by atoms with Gasteiger partial charge in [-0.05, 0) is 25.1 Å². The number of nitro groups is 1. The van der Waals surface area contributed by atoms with Crippen molar-refractivity contribution in [2.45, 2.75) is 11.8 Å². The van der Waals surface area contributed by atoms with E-state index in [0.717, 1.165) is 18.3 Å². The number of nitrogens with one attached hydrogen (secondary N) is 1. The number of benzene rings is 1. The van der Waals surface area contributed by atoms with Crippen LogP contribution in [0, 0.1) is 23.0 Å². The van der Waals surface area contributed by atoms with E-state index >= 15 is 0 Å². The van der Waals surface area contributed by atoms with Crippen molar-refractivity contribution in [3.63, 3.8) is 0 Å². The fourth-order valence-corrected chi connectivity index (χ4v) is 2.67. The number of aryl methyl sites for hydroxylation is 1. The molecule has 2 rings (SSSR count). The Hall–Kier alpha value is -2.55. The second-order valence-electron chi connectivity index (χ2n) is 4.18. The standard InChI is InChI=1S/C12H10FN3O4S/c1-8-2-4-10(6-11(8)16(17)18)21(19,20)15-9-3-5-12(13)14-7-9/h2-7,15H,1H3. The minimum Gasteiger partial charge on any atom is -0.278 e. The minimum absolute atomic E-state index is 0.0552. The zero-order valence-electron chi connectivity index (χ0n) is 10.8. The number of nitrogens with zero attached hydrogens (tertiary/aromatic N) is 2. The third-order valence-corrected chi connectivity index (χ3v) is 4.05. The Morgan fingerprint density at radius 3 is 2.57 bits per heavy atom. The minimum atomic E-state index is -4.02. The normalized spacial score (nSPS) is 11.1. The molecule has 1 aromatic heterocycles. The van der Waals surface area contributed by atoms with Gasteiger partial charge in [-0.3, -0.25) is 14.8 Å². The molecule has 7 nitrogen and oxygen atoms in total. The van der Waals surface area contributed by atoms with Gasteiger partial charge in [0.05, 0.1) is 21.7 Å². The molecule has 0 fully saturated rings. The van der Waals surface area contributed by atoms with Gasteiger partial charge in [-0.1, -0.05) is 6.07 Å². The van der Waals surface area contributed by atoms with Gasteiger partial charge >= 0.3 is 0 Å². The van der Waals surface area contributed by atoms with E-state index in [2.05, 4.69) is 9.71 Å². The number of pyridine rings is 1. The smallest absolute Gasteiger partial charge is 0.273 e. The number of halogens is 1. The van der Waals surface area contributed by atoms with E-state index in [1.807, 2.05) is 0 Å². The average molecular weight is 311 g/mol. The first-order valence-electron chi connectivity index (χ1n) is 5.69. The van der Waals surface area contributed by atoms with Crippen LogP contribution in [-0.2, 0) is 10.0 Å². The maximum absolute atomic E-state index is 12.7. The highest BCUT2D eigenvalue weighted by atomic mass is 32.2. The summed E-state index contributed by atoms with van der Waals surface area (Å²) >= 11 is 0. The van der Waals surface area contributed by atoms with Crippen molar-refractivity contribution in [3.05, 3.63) is 58.2 Å². The van der Waals surface area contributed by atoms with Crippen molar-refractivity contribution in [3.8, 4) is 0 Å². The molecule has 0 amide bonds. The first-order chi connectivity index (χ1) is 9.79. The quantitative estimate of drug-likeness (QED) is 0.530. The molecule has 0 spiro atoms.